The summed E-state index contributed by atoms with van der Waals surface area (Å²) in [7, 11) is 0. The molecule has 0 radical (unpaired) electrons. The van der Waals surface area contributed by atoms with Gasteiger partial charge in [0.15, 0.2) is 6.04 Å². The molecule has 1 aliphatic rings. The lowest BCUT2D eigenvalue weighted by molar-refractivity contribution is -0.914. The van der Waals surface area contributed by atoms with Gasteiger partial charge in [-0.3, -0.25) is 4.79 Å². The molecule has 1 aromatic rings. The third-order valence-electron chi connectivity index (χ3n) is 4.02. The molecule has 0 unspecified atom stereocenters. The first-order valence-corrected chi connectivity index (χ1v) is 7.35. The number of quaternary nitrogens is 1. The average molecular weight is 292 g/mol. The van der Waals surface area contributed by atoms with Crippen molar-refractivity contribution in [3.8, 4) is 0 Å². The van der Waals surface area contributed by atoms with E-state index < -0.39 is 0 Å². The Morgan fingerprint density at radius 2 is 2.05 bits per heavy atom. The lowest BCUT2D eigenvalue weighted by Crippen LogP contribution is -3.19. The lowest BCUT2D eigenvalue weighted by Gasteiger charge is -2.36. The summed E-state index contributed by atoms with van der Waals surface area (Å²) in [6.07, 6.45) is 1.69. The zero-order chi connectivity index (χ0) is 15.2. The molecule has 0 bridgehead atoms. The average Bonchev–Trinajstić information content (AvgIpc) is 2.53. The maximum absolute atomic E-state index is 12.9. The number of halogens is 1. The summed E-state index contributed by atoms with van der Waals surface area (Å²) in [4.78, 5) is 15.5. The van der Waals surface area contributed by atoms with Gasteiger partial charge < -0.3 is 15.1 Å². The van der Waals surface area contributed by atoms with Gasteiger partial charge in [-0.15, -0.1) is 6.58 Å². The zero-order valence-corrected chi connectivity index (χ0v) is 12.4. The Bertz CT molecular complexity index is 481. The highest BCUT2D eigenvalue weighted by atomic mass is 19.1. The van der Waals surface area contributed by atoms with Gasteiger partial charge >= 0.3 is 0 Å². The molecule has 2 N–H and O–H groups in total. The zero-order valence-electron chi connectivity index (χ0n) is 12.4. The summed E-state index contributed by atoms with van der Waals surface area (Å²) in [5, 5.41) is 2.85. The van der Waals surface area contributed by atoms with Gasteiger partial charge in [-0.1, -0.05) is 6.08 Å². The number of hydrogen-bond donors (Lipinski definition) is 2. The van der Waals surface area contributed by atoms with Crippen molar-refractivity contribution in [2.45, 2.75) is 13.0 Å². The molecule has 21 heavy (non-hydrogen) atoms. The van der Waals surface area contributed by atoms with Gasteiger partial charge in [0.1, 0.15) is 5.82 Å². The van der Waals surface area contributed by atoms with E-state index in [9.17, 15) is 9.18 Å². The highest BCUT2D eigenvalue weighted by Crippen LogP contribution is 2.14. The van der Waals surface area contributed by atoms with E-state index in [1.807, 2.05) is 6.92 Å². The van der Waals surface area contributed by atoms with Gasteiger partial charge in [-0.25, -0.2) is 4.39 Å². The first kappa shape index (κ1) is 15.5. The number of hydrogen-bond acceptors (Lipinski definition) is 2. The fraction of sp³-hybridized carbons (Fsp3) is 0.438. The molecule has 1 amide bonds. The van der Waals surface area contributed by atoms with Gasteiger partial charge in [0.2, 0.25) is 0 Å². The van der Waals surface area contributed by atoms with Gasteiger partial charge in [0.25, 0.3) is 5.91 Å². The van der Waals surface area contributed by atoms with Crippen LogP contribution < -0.4 is 15.1 Å². The summed E-state index contributed by atoms with van der Waals surface area (Å²) in [6.45, 7) is 9.63. The molecular formula is C16H23FN3O+. The van der Waals surface area contributed by atoms with Gasteiger partial charge in [-0.2, -0.15) is 0 Å². The predicted octanol–water partition coefficient (Wildman–Crippen LogP) is 0.221. The number of nitrogens with zero attached hydrogens (tertiary/aromatic N) is 1. The van der Waals surface area contributed by atoms with Crippen LogP contribution in [0.4, 0.5) is 10.1 Å². The molecule has 0 spiro atoms. The molecule has 4 nitrogen and oxygen atoms in total. The topological polar surface area (TPSA) is 36.8 Å². The second-order valence-corrected chi connectivity index (χ2v) is 5.38. The molecule has 1 heterocycles. The molecule has 1 atom stereocenters. The largest absolute Gasteiger partial charge is 0.360 e. The molecule has 2 rings (SSSR count). The normalized spacial score (nSPS) is 17.3. The highest BCUT2D eigenvalue weighted by molar-refractivity contribution is 5.80. The maximum atomic E-state index is 12.9. The molecule has 0 aliphatic carbocycles. The first-order valence-electron chi connectivity index (χ1n) is 7.35. The Balaban J connectivity index is 1.86. The standard InChI is InChI=1S/C16H22FN3O/c1-3-8-18-16(21)13(2)19-9-11-20(12-10-19)15-6-4-14(17)5-7-15/h3-7,13H,1,8-12H2,2H3,(H,18,21)/p+1/t13-/m1/s1. The number of carbonyl (C=O) groups excluding carboxylic acids is 1. The van der Waals surface area contributed by atoms with Crippen LogP contribution in [0.2, 0.25) is 0 Å². The number of amides is 1. The number of benzene rings is 1. The van der Waals surface area contributed by atoms with Crippen LogP contribution in [0.1, 0.15) is 6.92 Å². The van der Waals surface area contributed by atoms with E-state index >= 15 is 0 Å². The summed E-state index contributed by atoms with van der Waals surface area (Å²) >= 11 is 0. The Kier molecular flexibility index (Phi) is 5.33. The molecule has 1 aromatic carbocycles. The fourth-order valence-electron chi connectivity index (χ4n) is 2.65. The van der Waals surface area contributed by atoms with Gasteiger partial charge in [0.05, 0.1) is 26.2 Å². The van der Waals surface area contributed by atoms with E-state index in [4.69, 9.17) is 0 Å². The van der Waals surface area contributed by atoms with E-state index in [0.717, 1.165) is 31.9 Å². The smallest absolute Gasteiger partial charge is 0.278 e. The second kappa shape index (κ2) is 7.22. The van der Waals surface area contributed by atoms with Gasteiger partial charge in [0, 0.05) is 12.2 Å². The van der Waals surface area contributed by atoms with Crippen molar-refractivity contribution >= 4 is 11.6 Å². The quantitative estimate of drug-likeness (QED) is 0.762. The van der Waals surface area contributed by atoms with Crippen molar-refractivity contribution in [1.29, 1.82) is 0 Å². The minimum atomic E-state index is -0.212. The van der Waals surface area contributed by atoms with Crippen molar-refractivity contribution < 1.29 is 14.1 Å². The molecule has 1 saturated heterocycles. The third kappa shape index (κ3) is 4.04. The first-order chi connectivity index (χ1) is 10.1. The van der Waals surface area contributed by atoms with E-state index in [0.29, 0.717) is 6.54 Å². The monoisotopic (exact) mass is 292 g/mol. The van der Waals surface area contributed by atoms with Crippen molar-refractivity contribution in [3.63, 3.8) is 0 Å². The number of carbonyl (C=O) groups is 1. The Morgan fingerprint density at radius 3 is 2.62 bits per heavy atom. The maximum Gasteiger partial charge on any atom is 0.278 e. The Labute approximate surface area is 125 Å². The van der Waals surface area contributed by atoms with Crippen LogP contribution in [0.25, 0.3) is 0 Å². The van der Waals surface area contributed by atoms with Crippen LogP contribution in [0.5, 0.6) is 0 Å². The van der Waals surface area contributed by atoms with E-state index in [-0.39, 0.29) is 17.8 Å². The SMILES string of the molecule is C=CCNC(=O)[C@@H](C)[NH+]1CCN(c2ccc(F)cc2)CC1. The lowest BCUT2D eigenvalue weighted by atomic mass is 10.2. The number of piperazine rings is 1. The van der Waals surface area contributed by atoms with E-state index in [2.05, 4.69) is 16.8 Å². The summed E-state index contributed by atoms with van der Waals surface area (Å²) in [6, 6.07) is 6.53. The van der Waals surface area contributed by atoms with Crippen LogP contribution in [-0.2, 0) is 4.79 Å². The van der Waals surface area contributed by atoms with E-state index in [1.54, 1.807) is 18.2 Å². The fourth-order valence-corrected chi connectivity index (χ4v) is 2.65. The van der Waals surface area contributed by atoms with Crippen LogP contribution in [0, 0.1) is 5.82 Å². The van der Waals surface area contributed by atoms with Crippen molar-refractivity contribution in [1.82, 2.24) is 5.32 Å². The van der Waals surface area contributed by atoms with Crippen LogP contribution in [0.3, 0.4) is 0 Å². The molecule has 114 valence electrons. The van der Waals surface area contributed by atoms with Crippen molar-refractivity contribution in [2.24, 2.45) is 0 Å². The van der Waals surface area contributed by atoms with Crippen LogP contribution in [-0.4, -0.2) is 44.7 Å². The molecule has 1 fully saturated rings. The van der Waals surface area contributed by atoms with Crippen LogP contribution in [0.15, 0.2) is 36.9 Å². The Morgan fingerprint density at radius 1 is 1.43 bits per heavy atom. The summed E-state index contributed by atoms with van der Waals surface area (Å²) < 4.78 is 12.9. The van der Waals surface area contributed by atoms with Gasteiger partial charge in [-0.05, 0) is 31.2 Å². The minimum Gasteiger partial charge on any atom is -0.360 e. The predicted molar refractivity (Wildman–Crippen MR) is 82.0 cm³/mol. The van der Waals surface area contributed by atoms with E-state index in [1.165, 1.54) is 17.0 Å². The number of rotatable bonds is 5. The van der Waals surface area contributed by atoms with Crippen molar-refractivity contribution in [2.75, 3.05) is 37.6 Å². The Hall–Kier alpha value is -1.88. The highest BCUT2D eigenvalue weighted by Gasteiger charge is 2.28. The number of anilines is 1. The summed E-state index contributed by atoms with van der Waals surface area (Å²) in [5.74, 6) is -0.143. The third-order valence-corrected chi connectivity index (χ3v) is 4.02. The molecule has 5 heteroatoms. The minimum absolute atomic E-state index is 0.0553. The van der Waals surface area contributed by atoms with Crippen molar-refractivity contribution in [3.05, 3.63) is 42.7 Å². The van der Waals surface area contributed by atoms with Crippen LogP contribution >= 0.6 is 0 Å². The molecule has 0 saturated carbocycles. The number of nitrogens with one attached hydrogen (secondary N) is 2. The molecule has 0 aromatic heterocycles. The summed E-state index contributed by atoms with van der Waals surface area (Å²) in [5.41, 5.74) is 1.04. The molecule has 1 aliphatic heterocycles. The molecular weight excluding hydrogens is 269 g/mol. The second-order valence-electron chi connectivity index (χ2n) is 5.38.